The number of hydrogen-bond acceptors (Lipinski definition) is 5. The molecule has 8 heteroatoms. The summed E-state index contributed by atoms with van der Waals surface area (Å²) < 4.78 is 24.3. The fraction of sp³-hybridized carbons (Fsp3) is 0.476. The van der Waals surface area contributed by atoms with Gasteiger partial charge in [0, 0.05) is 19.7 Å². The molecule has 2 aliphatic rings. The third kappa shape index (κ3) is 4.32. The maximum atomic E-state index is 13.1. The molecular weight excluding hydrogens is 379 g/mol. The van der Waals surface area contributed by atoms with E-state index in [4.69, 9.17) is 9.15 Å². The molecule has 1 atom stereocenters. The number of nitro groups is 1. The van der Waals surface area contributed by atoms with Gasteiger partial charge in [-0.3, -0.25) is 14.9 Å². The average molecular weight is 402 g/mol. The number of furan rings is 1. The summed E-state index contributed by atoms with van der Waals surface area (Å²) in [6.07, 6.45) is 4.23. The molecule has 3 heterocycles. The van der Waals surface area contributed by atoms with Crippen LogP contribution in [0.3, 0.4) is 0 Å². The molecule has 0 N–H and O–H groups in total. The molecule has 2 fully saturated rings. The first-order chi connectivity index (χ1) is 13.9. The number of amides is 1. The topological polar surface area (TPSA) is 85.8 Å². The minimum absolute atomic E-state index is 0.00796. The number of hydrogen-bond donors (Lipinski definition) is 0. The SMILES string of the molecule is O=C(c1ccc([N+](=O)[O-])o1)N1CCC2(CC1)CC(Cc1ccc(F)cc1)CCO2. The van der Waals surface area contributed by atoms with Gasteiger partial charge in [0.1, 0.15) is 10.7 Å². The van der Waals surface area contributed by atoms with Gasteiger partial charge >= 0.3 is 5.88 Å². The van der Waals surface area contributed by atoms with Crippen molar-refractivity contribution < 1.29 is 23.3 Å². The summed E-state index contributed by atoms with van der Waals surface area (Å²) in [7, 11) is 0. The van der Waals surface area contributed by atoms with Gasteiger partial charge in [0.15, 0.2) is 5.76 Å². The van der Waals surface area contributed by atoms with Crippen LogP contribution in [0.25, 0.3) is 0 Å². The van der Waals surface area contributed by atoms with Crippen molar-refractivity contribution in [2.75, 3.05) is 19.7 Å². The molecule has 2 aliphatic heterocycles. The molecule has 1 aromatic heterocycles. The van der Waals surface area contributed by atoms with Crippen molar-refractivity contribution in [3.05, 3.63) is 63.7 Å². The number of halogens is 1. The van der Waals surface area contributed by atoms with E-state index in [0.29, 0.717) is 25.6 Å². The maximum absolute atomic E-state index is 13.1. The highest BCUT2D eigenvalue weighted by atomic mass is 19.1. The average Bonchev–Trinajstić information content (AvgIpc) is 3.21. The molecule has 1 amide bonds. The van der Waals surface area contributed by atoms with E-state index in [1.807, 2.05) is 12.1 Å². The number of carbonyl (C=O) groups is 1. The van der Waals surface area contributed by atoms with E-state index in [1.54, 1.807) is 4.90 Å². The molecular formula is C21H23FN2O5. The third-order valence-corrected chi connectivity index (χ3v) is 5.98. The first-order valence-electron chi connectivity index (χ1n) is 9.86. The summed E-state index contributed by atoms with van der Waals surface area (Å²) >= 11 is 0. The summed E-state index contributed by atoms with van der Waals surface area (Å²) in [4.78, 5) is 24.3. The van der Waals surface area contributed by atoms with Crippen LogP contribution in [0.4, 0.5) is 10.3 Å². The van der Waals surface area contributed by atoms with Crippen LogP contribution in [0.1, 0.15) is 41.8 Å². The van der Waals surface area contributed by atoms with Crippen LogP contribution in [0.5, 0.6) is 0 Å². The lowest BCUT2D eigenvalue weighted by atomic mass is 9.77. The highest BCUT2D eigenvalue weighted by Crippen LogP contribution is 2.39. The van der Waals surface area contributed by atoms with Gasteiger partial charge in [0.2, 0.25) is 0 Å². The van der Waals surface area contributed by atoms with Crippen LogP contribution in [-0.2, 0) is 11.2 Å². The second kappa shape index (κ2) is 7.94. The number of ether oxygens (including phenoxy) is 1. The normalized spacial score (nSPS) is 21.3. The molecule has 1 unspecified atom stereocenters. The molecule has 7 nitrogen and oxygen atoms in total. The third-order valence-electron chi connectivity index (χ3n) is 5.98. The molecule has 0 saturated carbocycles. The number of carbonyl (C=O) groups excluding carboxylic acids is 1. The second-order valence-electron chi connectivity index (χ2n) is 7.91. The van der Waals surface area contributed by atoms with E-state index in [1.165, 1.54) is 24.3 Å². The van der Waals surface area contributed by atoms with Crippen LogP contribution in [0, 0.1) is 21.8 Å². The zero-order chi connectivity index (χ0) is 20.4. The van der Waals surface area contributed by atoms with Crippen molar-refractivity contribution in [2.24, 2.45) is 5.92 Å². The Balaban J connectivity index is 1.35. The highest BCUT2D eigenvalue weighted by Gasteiger charge is 2.41. The number of likely N-dealkylation sites (tertiary alicyclic amines) is 1. The first kappa shape index (κ1) is 19.6. The Morgan fingerprint density at radius 2 is 1.93 bits per heavy atom. The highest BCUT2D eigenvalue weighted by molar-refractivity contribution is 5.91. The molecule has 1 aromatic carbocycles. The molecule has 0 aliphatic carbocycles. The Morgan fingerprint density at radius 3 is 2.59 bits per heavy atom. The Hall–Kier alpha value is -2.74. The van der Waals surface area contributed by atoms with E-state index in [2.05, 4.69) is 0 Å². The Kier molecular flexibility index (Phi) is 5.36. The molecule has 0 bridgehead atoms. The van der Waals surface area contributed by atoms with Crippen molar-refractivity contribution in [3.63, 3.8) is 0 Å². The van der Waals surface area contributed by atoms with Gasteiger partial charge in [-0.15, -0.1) is 0 Å². The van der Waals surface area contributed by atoms with E-state index in [0.717, 1.165) is 37.7 Å². The number of nitrogens with zero attached hydrogens (tertiary/aromatic N) is 2. The zero-order valence-electron chi connectivity index (χ0n) is 16.0. The fourth-order valence-electron chi connectivity index (χ4n) is 4.42. The summed E-state index contributed by atoms with van der Waals surface area (Å²) in [5.41, 5.74) is 0.884. The van der Waals surface area contributed by atoms with Crippen LogP contribution in [0.2, 0.25) is 0 Å². The molecule has 4 rings (SSSR count). The Labute approximate surface area is 167 Å². The van der Waals surface area contributed by atoms with Crippen LogP contribution in [0.15, 0.2) is 40.8 Å². The van der Waals surface area contributed by atoms with E-state index < -0.39 is 10.8 Å². The molecule has 1 spiro atoms. The smallest absolute Gasteiger partial charge is 0.395 e. The standard InChI is InChI=1S/C21H23FN2O5/c22-17-3-1-15(2-4-17)13-16-7-12-28-21(14-16)8-10-23(11-9-21)20(25)18-5-6-19(29-18)24(26)27/h1-6,16H,7-14H2. The van der Waals surface area contributed by atoms with E-state index >= 15 is 0 Å². The van der Waals surface area contributed by atoms with Crippen LogP contribution >= 0.6 is 0 Å². The fourth-order valence-corrected chi connectivity index (χ4v) is 4.42. The monoisotopic (exact) mass is 402 g/mol. The lowest BCUT2D eigenvalue weighted by molar-refractivity contribution is -0.402. The van der Waals surface area contributed by atoms with Crippen LogP contribution in [-0.4, -0.2) is 41.0 Å². The van der Waals surface area contributed by atoms with Gasteiger partial charge in [0.05, 0.1) is 11.7 Å². The maximum Gasteiger partial charge on any atom is 0.433 e. The molecule has 0 radical (unpaired) electrons. The van der Waals surface area contributed by atoms with E-state index in [-0.39, 0.29) is 23.1 Å². The van der Waals surface area contributed by atoms with Gasteiger partial charge in [-0.25, -0.2) is 4.39 Å². The first-order valence-corrected chi connectivity index (χ1v) is 9.86. The minimum atomic E-state index is -0.654. The Bertz CT molecular complexity index is 887. The van der Waals surface area contributed by atoms with Gasteiger partial charge in [-0.1, -0.05) is 12.1 Å². The van der Waals surface area contributed by atoms with Gasteiger partial charge in [0.25, 0.3) is 5.91 Å². The van der Waals surface area contributed by atoms with Crippen LogP contribution < -0.4 is 0 Å². The minimum Gasteiger partial charge on any atom is -0.395 e. The summed E-state index contributed by atoms with van der Waals surface area (Å²) in [5, 5.41) is 10.7. The molecule has 2 saturated heterocycles. The number of rotatable bonds is 4. The summed E-state index contributed by atoms with van der Waals surface area (Å²) in [6, 6.07) is 9.20. The van der Waals surface area contributed by atoms with Crippen molar-refractivity contribution in [1.29, 1.82) is 0 Å². The van der Waals surface area contributed by atoms with Crippen molar-refractivity contribution in [3.8, 4) is 0 Å². The van der Waals surface area contributed by atoms with Gasteiger partial charge in [-0.05, 0) is 61.8 Å². The summed E-state index contributed by atoms with van der Waals surface area (Å²) in [5.74, 6) is -0.528. The zero-order valence-corrected chi connectivity index (χ0v) is 16.0. The lowest BCUT2D eigenvalue weighted by Crippen LogP contribution is -2.51. The van der Waals surface area contributed by atoms with Crippen molar-refractivity contribution in [2.45, 2.75) is 37.7 Å². The van der Waals surface area contributed by atoms with Crippen molar-refractivity contribution >= 4 is 11.8 Å². The summed E-state index contributed by atoms with van der Waals surface area (Å²) in [6.45, 7) is 1.73. The second-order valence-corrected chi connectivity index (χ2v) is 7.91. The molecule has 2 aromatic rings. The molecule has 154 valence electrons. The predicted molar refractivity (Wildman–Crippen MR) is 102 cm³/mol. The molecule has 29 heavy (non-hydrogen) atoms. The Morgan fingerprint density at radius 1 is 1.21 bits per heavy atom. The number of piperidine rings is 1. The van der Waals surface area contributed by atoms with Gasteiger partial charge in [-0.2, -0.15) is 0 Å². The lowest BCUT2D eigenvalue weighted by Gasteiger charge is -2.46. The predicted octanol–water partition coefficient (Wildman–Crippen LogP) is 3.97. The van der Waals surface area contributed by atoms with Gasteiger partial charge < -0.3 is 14.1 Å². The number of benzene rings is 1. The van der Waals surface area contributed by atoms with Crippen molar-refractivity contribution in [1.82, 2.24) is 4.90 Å². The largest absolute Gasteiger partial charge is 0.433 e. The van der Waals surface area contributed by atoms with E-state index in [9.17, 15) is 19.3 Å². The quantitative estimate of drug-likeness (QED) is 0.571.